The number of primary amides is 1. The summed E-state index contributed by atoms with van der Waals surface area (Å²) in [7, 11) is 3.31. The van der Waals surface area contributed by atoms with E-state index in [1.165, 1.54) is 0 Å². The van der Waals surface area contributed by atoms with Crippen LogP contribution < -0.4 is 5.73 Å². The lowest BCUT2D eigenvalue weighted by Crippen LogP contribution is -2.38. The summed E-state index contributed by atoms with van der Waals surface area (Å²) in [6.45, 7) is 0. The molecular weight excluding hydrogens is 170 g/mol. The minimum Gasteiger partial charge on any atom is -0.381 e. The Morgan fingerprint density at radius 1 is 1.15 bits per heavy atom. The Hall–Kier alpha value is -0.610. The monoisotopic (exact) mass is 187 g/mol. The van der Waals surface area contributed by atoms with Gasteiger partial charge >= 0.3 is 0 Å². The maximum absolute atomic E-state index is 11.0. The summed E-state index contributed by atoms with van der Waals surface area (Å²) in [4.78, 5) is 11.0. The number of carbonyl (C=O) groups is 1. The largest absolute Gasteiger partial charge is 0.381 e. The van der Waals surface area contributed by atoms with Crippen molar-refractivity contribution in [3.8, 4) is 0 Å². The van der Waals surface area contributed by atoms with Crippen LogP contribution in [0.15, 0.2) is 0 Å². The molecule has 76 valence electrons. The van der Waals surface area contributed by atoms with Crippen molar-refractivity contribution >= 4 is 5.91 Å². The van der Waals surface area contributed by atoms with Gasteiger partial charge in [0.2, 0.25) is 5.91 Å². The molecule has 2 atom stereocenters. The second-order valence-corrected chi connectivity index (χ2v) is 3.52. The minimum absolute atomic E-state index is 0.0938. The van der Waals surface area contributed by atoms with Gasteiger partial charge in [0.05, 0.1) is 12.2 Å². The van der Waals surface area contributed by atoms with Crippen molar-refractivity contribution in [1.82, 2.24) is 0 Å². The molecule has 0 aromatic rings. The molecule has 0 aromatic heterocycles. The summed E-state index contributed by atoms with van der Waals surface area (Å²) < 4.78 is 10.4. The van der Waals surface area contributed by atoms with Gasteiger partial charge in [0, 0.05) is 20.1 Å². The van der Waals surface area contributed by atoms with E-state index in [9.17, 15) is 4.79 Å². The topological polar surface area (TPSA) is 61.6 Å². The Bertz CT molecular complexity index is 172. The Morgan fingerprint density at radius 2 is 1.62 bits per heavy atom. The second kappa shape index (κ2) is 4.58. The standard InChI is InChI=1S/C9H17NO3/c1-12-7-3-6(9(10)11)4-8(5-7)13-2/h6-8H,3-5H2,1-2H3,(H2,10,11). The van der Waals surface area contributed by atoms with E-state index in [-0.39, 0.29) is 24.0 Å². The van der Waals surface area contributed by atoms with E-state index in [1.807, 2.05) is 0 Å². The van der Waals surface area contributed by atoms with Gasteiger partial charge in [-0.25, -0.2) is 0 Å². The summed E-state index contributed by atoms with van der Waals surface area (Å²) in [6.07, 6.45) is 2.53. The van der Waals surface area contributed by atoms with Gasteiger partial charge in [-0.1, -0.05) is 0 Å². The molecule has 1 amide bonds. The number of carbonyl (C=O) groups excluding carboxylic acids is 1. The number of ether oxygens (including phenoxy) is 2. The SMILES string of the molecule is COC1CC(OC)CC(C(N)=O)C1. The summed E-state index contributed by atoms with van der Waals surface area (Å²) >= 11 is 0. The smallest absolute Gasteiger partial charge is 0.220 e. The number of amides is 1. The third kappa shape index (κ3) is 2.67. The van der Waals surface area contributed by atoms with Crippen LogP contribution >= 0.6 is 0 Å². The maximum atomic E-state index is 11.0. The van der Waals surface area contributed by atoms with Crippen LogP contribution in [0, 0.1) is 5.92 Å². The molecule has 0 aliphatic heterocycles. The third-order valence-corrected chi connectivity index (χ3v) is 2.69. The zero-order chi connectivity index (χ0) is 9.84. The first-order chi connectivity index (χ1) is 6.17. The summed E-state index contributed by atoms with van der Waals surface area (Å²) in [5.41, 5.74) is 5.25. The first-order valence-corrected chi connectivity index (χ1v) is 4.52. The molecule has 4 heteroatoms. The molecule has 0 heterocycles. The highest BCUT2D eigenvalue weighted by atomic mass is 16.5. The highest BCUT2D eigenvalue weighted by molar-refractivity contribution is 5.76. The van der Waals surface area contributed by atoms with Crippen LogP contribution in [0.4, 0.5) is 0 Å². The summed E-state index contributed by atoms with van der Waals surface area (Å²) in [5, 5.41) is 0. The highest BCUT2D eigenvalue weighted by Gasteiger charge is 2.31. The van der Waals surface area contributed by atoms with Crippen LogP contribution in [0.25, 0.3) is 0 Å². The first kappa shape index (κ1) is 10.5. The zero-order valence-electron chi connectivity index (χ0n) is 8.16. The van der Waals surface area contributed by atoms with Gasteiger partial charge in [-0.2, -0.15) is 0 Å². The quantitative estimate of drug-likeness (QED) is 0.691. The zero-order valence-corrected chi connectivity index (χ0v) is 8.16. The van der Waals surface area contributed by atoms with E-state index in [0.29, 0.717) is 0 Å². The molecule has 4 nitrogen and oxygen atoms in total. The van der Waals surface area contributed by atoms with Crippen molar-refractivity contribution in [3.63, 3.8) is 0 Å². The Balaban J connectivity index is 2.54. The van der Waals surface area contributed by atoms with Gasteiger partial charge in [-0.05, 0) is 19.3 Å². The molecule has 1 saturated carbocycles. The molecule has 1 rings (SSSR count). The fourth-order valence-electron chi connectivity index (χ4n) is 1.83. The van der Waals surface area contributed by atoms with Gasteiger partial charge in [-0.15, -0.1) is 0 Å². The van der Waals surface area contributed by atoms with Crippen LogP contribution in [-0.4, -0.2) is 32.3 Å². The average Bonchev–Trinajstić information content (AvgIpc) is 2.16. The molecule has 1 fully saturated rings. The van der Waals surface area contributed by atoms with E-state index in [1.54, 1.807) is 14.2 Å². The van der Waals surface area contributed by atoms with E-state index >= 15 is 0 Å². The number of hydrogen-bond acceptors (Lipinski definition) is 3. The molecule has 1 aliphatic rings. The molecular formula is C9H17NO3. The van der Waals surface area contributed by atoms with Crippen molar-refractivity contribution in [2.24, 2.45) is 11.7 Å². The Labute approximate surface area is 78.4 Å². The van der Waals surface area contributed by atoms with Crippen molar-refractivity contribution in [3.05, 3.63) is 0 Å². The van der Waals surface area contributed by atoms with Crippen molar-refractivity contribution < 1.29 is 14.3 Å². The minimum atomic E-state index is -0.246. The third-order valence-electron chi connectivity index (χ3n) is 2.69. The predicted molar refractivity (Wildman–Crippen MR) is 48.1 cm³/mol. The van der Waals surface area contributed by atoms with Gasteiger partial charge in [0.1, 0.15) is 0 Å². The van der Waals surface area contributed by atoms with Crippen LogP contribution in [0.1, 0.15) is 19.3 Å². The highest BCUT2D eigenvalue weighted by Crippen LogP contribution is 2.27. The normalized spacial score (nSPS) is 34.5. The van der Waals surface area contributed by atoms with Crippen LogP contribution in [0.5, 0.6) is 0 Å². The van der Waals surface area contributed by atoms with E-state index < -0.39 is 0 Å². The number of hydrogen-bond donors (Lipinski definition) is 1. The molecule has 2 unspecified atom stereocenters. The summed E-state index contributed by atoms with van der Waals surface area (Å²) in [6, 6.07) is 0. The summed E-state index contributed by atoms with van der Waals surface area (Å²) in [5.74, 6) is -0.340. The van der Waals surface area contributed by atoms with Gasteiger partial charge < -0.3 is 15.2 Å². The fourth-order valence-corrected chi connectivity index (χ4v) is 1.83. The Kier molecular flexibility index (Phi) is 3.69. The molecule has 0 saturated heterocycles. The van der Waals surface area contributed by atoms with Crippen molar-refractivity contribution in [2.75, 3.05) is 14.2 Å². The molecule has 0 spiro atoms. The van der Waals surface area contributed by atoms with Crippen molar-refractivity contribution in [2.45, 2.75) is 31.5 Å². The molecule has 13 heavy (non-hydrogen) atoms. The average molecular weight is 187 g/mol. The molecule has 2 N–H and O–H groups in total. The van der Waals surface area contributed by atoms with Crippen LogP contribution in [-0.2, 0) is 14.3 Å². The second-order valence-electron chi connectivity index (χ2n) is 3.52. The lowest BCUT2D eigenvalue weighted by atomic mass is 9.85. The first-order valence-electron chi connectivity index (χ1n) is 4.52. The number of rotatable bonds is 3. The maximum Gasteiger partial charge on any atom is 0.220 e. The van der Waals surface area contributed by atoms with Gasteiger partial charge in [-0.3, -0.25) is 4.79 Å². The molecule has 1 aliphatic carbocycles. The Morgan fingerprint density at radius 3 is 1.92 bits per heavy atom. The van der Waals surface area contributed by atoms with E-state index in [2.05, 4.69) is 0 Å². The number of methoxy groups -OCH3 is 2. The van der Waals surface area contributed by atoms with Crippen LogP contribution in [0.3, 0.4) is 0 Å². The van der Waals surface area contributed by atoms with E-state index in [4.69, 9.17) is 15.2 Å². The molecule has 0 bridgehead atoms. The van der Waals surface area contributed by atoms with E-state index in [0.717, 1.165) is 19.3 Å². The van der Waals surface area contributed by atoms with Crippen LogP contribution in [0.2, 0.25) is 0 Å². The number of nitrogens with two attached hydrogens (primary N) is 1. The molecule has 0 aromatic carbocycles. The fraction of sp³-hybridized carbons (Fsp3) is 0.889. The van der Waals surface area contributed by atoms with Gasteiger partial charge in [0.15, 0.2) is 0 Å². The lowest BCUT2D eigenvalue weighted by Gasteiger charge is -2.31. The van der Waals surface area contributed by atoms with Crippen molar-refractivity contribution in [1.29, 1.82) is 0 Å². The predicted octanol–water partition coefficient (Wildman–Crippen LogP) is 0.302. The lowest BCUT2D eigenvalue weighted by molar-refractivity contribution is -0.127. The molecule has 0 radical (unpaired) electrons. The van der Waals surface area contributed by atoms with Gasteiger partial charge in [0.25, 0.3) is 0 Å².